The minimum Gasteiger partial charge on any atom is -0.351 e. The quantitative estimate of drug-likeness (QED) is 0.814. The average Bonchev–Trinajstić information content (AvgIpc) is 2.23. The van der Waals surface area contributed by atoms with Gasteiger partial charge in [0.2, 0.25) is 11.8 Å². The lowest BCUT2D eigenvalue weighted by Gasteiger charge is -2.35. The van der Waals surface area contributed by atoms with E-state index in [1.807, 2.05) is 69.2 Å². The van der Waals surface area contributed by atoms with E-state index in [1.54, 1.807) is 0 Å². The fraction of sp³-hybridized carbons (Fsp3) is 0.889. The van der Waals surface area contributed by atoms with Crippen LogP contribution in [0.3, 0.4) is 0 Å². The van der Waals surface area contributed by atoms with E-state index >= 15 is 0 Å². The summed E-state index contributed by atoms with van der Waals surface area (Å²) in [6.45, 7) is 19.6. The first-order valence-corrected chi connectivity index (χ1v) is 8.12. The molecule has 0 bridgehead atoms. The minimum atomic E-state index is -0.396. The Bertz CT molecular complexity index is 370. The predicted molar refractivity (Wildman–Crippen MR) is 92.6 cm³/mol. The molecule has 0 saturated heterocycles. The SMILES string of the molecule is CC(C)(CCC(C)(C)NC(=O)C(C)(C)C)NC(=O)C(C)(C)C. The van der Waals surface area contributed by atoms with Gasteiger partial charge in [-0.05, 0) is 40.5 Å². The zero-order chi connectivity index (χ0) is 18.0. The van der Waals surface area contributed by atoms with E-state index in [0.29, 0.717) is 0 Å². The standard InChI is InChI=1S/C18H36N2O2/c1-15(2,3)13(21)19-17(7,8)11-12-18(9,10)20-14(22)16(4,5)6/h11-12H2,1-10H3,(H,19,21)(H,20,22). The first-order chi connectivity index (χ1) is 9.46. The minimum absolute atomic E-state index is 0.0500. The van der Waals surface area contributed by atoms with Crippen LogP contribution >= 0.6 is 0 Å². The Labute approximate surface area is 136 Å². The lowest BCUT2D eigenvalue weighted by molar-refractivity contribution is -0.131. The van der Waals surface area contributed by atoms with E-state index in [-0.39, 0.29) is 22.9 Å². The summed E-state index contributed by atoms with van der Waals surface area (Å²) in [7, 11) is 0. The van der Waals surface area contributed by atoms with Crippen LogP contribution in [0.15, 0.2) is 0 Å². The normalized spacial score (nSPS) is 13.7. The lowest BCUT2D eigenvalue weighted by atomic mass is 9.86. The Morgan fingerprint density at radius 1 is 0.591 bits per heavy atom. The van der Waals surface area contributed by atoms with Gasteiger partial charge in [0.1, 0.15) is 0 Å². The number of rotatable bonds is 5. The van der Waals surface area contributed by atoms with Crippen LogP contribution in [0.2, 0.25) is 0 Å². The van der Waals surface area contributed by atoms with Crippen molar-refractivity contribution in [2.24, 2.45) is 10.8 Å². The maximum Gasteiger partial charge on any atom is 0.225 e. The number of carbonyl (C=O) groups is 2. The van der Waals surface area contributed by atoms with Crippen LogP contribution in [0.25, 0.3) is 0 Å². The van der Waals surface area contributed by atoms with E-state index < -0.39 is 10.8 Å². The van der Waals surface area contributed by atoms with Gasteiger partial charge in [0, 0.05) is 21.9 Å². The van der Waals surface area contributed by atoms with Gasteiger partial charge in [-0.3, -0.25) is 9.59 Å². The summed E-state index contributed by atoms with van der Waals surface area (Å²) in [5.41, 5.74) is -1.39. The van der Waals surface area contributed by atoms with Gasteiger partial charge in [0.05, 0.1) is 0 Å². The highest BCUT2D eigenvalue weighted by molar-refractivity contribution is 5.82. The van der Waals surface area contributed by atoms with E-state index in [0.717, 1.165) is 12.8 Å². The molecule has 130 valence electrons. The highest BCUT2D eigenvalue weighted by atomic mass is 16.2. The summed E-state index contributed by atoms with van der Waals surface area (Å²) in [4.78, 5) is 24.3. The van der Waals surface area contributed by atoms with E-state index in [9.17, 15) is 9.59 Å². The van der Waals surface area contributed by atoms with Crippen molar-refractivity contribution in [3.63, 3.8) is 0 Å². The van der Waals surface area contributed by atoms with Gasteiger partial charge in [-0.25, -0.2) is 0 Å². The van der Waals surface area contributed by atoms with Crippen molar-refractivity contribution in [3.05, 3.63) is 0 Å². The van der Waals surface area contributed by atoms with Gasteiger partial charge >= 0.3 is 0 Å². The zero-order valence-electron chi connectivity index (χ0n) is 16.2. The van der Waals surface area contributed by atoms with Gasteiger partial charge < -0.3 is 10.6 Å². The zero-order valence-corrected chi connectivity index (χ0v) is 16.2. The van der Waals surface area contributed by atoms with Crippen LogP contribution in [0.5, 0.6) is 0 Å². The van der Waals surface area contributed by atoms with Gasteiger partial charge in [-0.2, -0.15) is 0 Å². The largest absolute Gasteiger partial charge is 0.351 e. The van der Waals surface area contributed by atoms with Crippen LogP contribution in [0.4, 0.5) is 0 Å². The maximum absolute atomic E-state index is 12.1. The molecule has 2 N–H and O–H groups in total. The van der Waals surface area contributed by atoms with Crippen molar-refractivity contribution in [1.82, 2.24) is 10.6 Å². The van der Waals surface area contributed by atoms with E-state index in [2.05, 4.69) is 10.6 Å². The second-order valence-electron chi connectivity index (χ2n) is 9.68. The summed E-state index contributed by atoms with van der Waals surface area (Å²) in [6.07, 6.45) is 1.60. The third-order valence-electron chi connectivity index (χ3n) is 3.64. The molecule has 0 heterocycles. The lowest BCUT2D eigenvalue weighted by Crippen LogP contribution is -2.52. The fourth-order valence-electron chi connectivity index (χ4n) is 1.74. The van der Waals surface area contributed by atoms with E-state index in [1.165, 1.54) is 0 Å². The molecule has 0 rings (SSSR count). The van der Waals surface area contributed by atoms with Crippen LogP contribution in [0, 0.1) is 10.8 Å². The Hall–Kier alpha value is -1.06. The molecule has 4 heteroatoms. The van der Waals surface area contributed by atoms with Crippen molar-refractivity contribution < 1.29 is 9.59 Å². The molecule has 0 unspecified atom stereocenters. The third kappa shape index (κ3) is 7.81. The molecule has 0 aromatic carbocycles. The Kier molecular flexibility index (Phi) is 6.27. The molecule has 0 aliphatic carbocycles. The third-order valence-corrected chi connectivity index (χ3v) is 3.64. The van der Waals surface area contributed by atoms with Crippen LogP contribution in [-0.2, 0) is 9.59 Å². The van der Waals surface area contributed by atoms with Crippen molar-refractivity contribution in [2.75, 3.05) is 0 Å². The maximum atomic E-state index is 12.1. The summed E-state index contributed by atoms with van der Waals surface area (Å²) in [5.74, 6) is 0.100. The molecule has 0 aliphatic rings. The topological polar surface area (TPSA) is 58.2 Å². The second kappa shape index (κ2) is 6.59. The first-order valence-electron chi connectivity index (χ1n) is 8.12. The van der Waals surface area contributed by atoms with Crippen molar-refractivity contribution in [2.45, 2.75) is 93.2 Å². The molecule has 4 nitrogen and oxygen atoms in total. The van der Waals surface area contributed by atoms with E-state index in [4.69, 9.17) is 0 Å². The van der Waals surface area contributed by atoms with Crippen LogP contribution in [0.1, 0.15) is 82.1 Å². The van der Waals surface area contributed by atoms with Crippen molar-refractivity contribution in [1.29, 1.82) is 0 Å². The summed E-state index contributed by atoms with van der Waals surface area (Å²) < 4.78 is 0. The molecular formula is C18H36N2O2. The fourth-order valence-corrected chi connectivity index (χ4v) is 1.74. The predicted octanol–water partition coefficient (Wildman–Crippen LogP) is 3.65. The van der Waals surface area contributed by atoms with Crippen molar-refractivity contribution >= 4 is 11.8 Å². The molecular weight excluding hydrogens is 276 g/mol. The highest BCUT2D eigenvalue weighted by Crippen LogP contribution is 2.23. The molecule has 0 spiro atoms. The number of carbonyl (C=O) groups excluding carboxylic acids is 2. The first kappa shape index (κ1) is 20.9. The molecule has 0 fully saturated rings. The molecule has 0 saturated carbocycles. The number of nitrogens with one attached hydrogen (secondary N) is 2. The average molecular weight is 312 g/mol. The highest BCUT2D eigenvalue weighted by Gasteiger charge is 2.32. The molecule has 0 aromatic heterocycles. The Balaban J connectivity index is 4.64. The van der Waals surface area contributed by atoms with Gasteiger partial charge in [0.15, 0.2) is 0 Å². The van der Waals surface area contributed by atoms with Gasteiger partial charge in [-0.15, -0.1) is 0 Å². The Morgan fingerprint density at radius 3 is 1.00 bits per heavy atom. The summed E-state index contributed by atoms with van der Waals surface area (Å²) >= 11 is 0. The smallest absolute Gasteiger partial charge is 0.225 e. The summed E-state index contributed by atoms with van der Waals surface area (Å²) in [5, 5.41) is 6.20. The molecule has 2 amide bonds. The molecule has 0 radical (unpaired) electrons. The molecule has 0 aliphatic heterocycles. The second-order valence-corrected chi connectivity index (χ2v) is 9.68. The number of hydrogen-bond donors (Lipinski definition) is 2. The van der Waals surface area contributed by atoms with Crippen LogP contribution < -0.4 is 10.6 Å². The van der Waals surface area contributed by atoms with Crippen LogP contribution in [-0.4, -0.2) is 22.9 Å². The van der Waals surface area contributed by atoms with Gasteiger partial charge in [0.25, 0.3) is 0 Å². The van der Waals surface area contributed by atoms with Gasteiger partial charge in [-0.1, -0.05) is 41.5 Å². The number of amides is 2. The molecule has 22 heavy (non-hydrogen) atoms. The molecule has 0 atom stereocenters. The molecule has 0 aromatic rings. The Morgan fingerprint density at radius 2 is 0.818 bits per heavy atom. The number of hydrogen-bond acceptors (Lipinski definition) is 2. The summed E-state index contributed by atoms with van der Waals surface area (Å²) in [6, 6.07) is 0. The monoisotopic (exact) mass is 312 g/mol. The van der Waals surface area contributed by atoms with Crippen molar-refractivity contribution in [3.8, 4) is 0 Å².